The fraction of sp³-hybridized carbons (Fsp3) is 0.800. The summed E-state index contributed by atoms with van der Waals surface area (Å²) in [5.74, 6) is 0. The minimum absolute atomic E-state index is 0.0979. The zero-order valence-corrected chi connectivity index (χ0v) is 7.67. The molecular weight excluding hydrogens is 186 g/mol. The lowest BCUT2D eigenvalue weighted by molar-refractivity contribution is 0.145. The van der Waals surface area contributed by atoms with Crippen molar-refractivity contribution in [2.24, 2.45) is 0 Å². The maximum Gasteiger partial charge on any atom is 0.420 e. The molecule has 0 saturated heterocycles. The predicted octanol–water partition coefficient (Wildman–Crippen LogP) is -0.162. The number of amides is 1. The van der Waals surface area contributed by atoms with Gasteiger partial charge in [0.15, 0.2) is 0 Å². The Morgan fingerprint density at radius 3 is 2.58 bits per heavy atom. The van der Waals surface area contributed by atoms with Crippen LogP contribution in [0.4, 0.5) is 4.79 Å². The number of hydrogen-bond acceptors (Lipinski definition) is 4. The molecule has 1 amide bonds. The van der Waals surface area contributed by atoms with Crippen molar-refractivity contribution in [2.75, 3.05) is 27.4 Å². The van der Waals surface area contributed by atoms with Gasteiger partial charge in [-0.05, 0) is 0 Å². The van der Waals surface area contributed by atoms with Crippen molar-refractivity contribution in [3.8, 4) is 0 Å². The average Bonchev–Trinajstić information content (AvgIpc) is 2.03. The van der Waals surface area contributed by atoms with Gasteiger partial charge in [0.25, 0.3) is 11.3 Å². The van der Waals surface area contributed by atoms with Gasteiger partial charge in [-0.25, -0.2) is 13.3 Å². The lowest BCUT2D eigenvalue weighted by Crippen LogP contribution is -2.28. The Balaban J connectivity index is 3.65. The number of nitrogens with zero attached hydrogens (tertiary/aromatic N) is 1. The summed E-state index contributed by atoms with van der Waals surface area (Å²) in [6, 6.07) is 0. The Bertz CT molecular complexity index is 173. The first-order valence-corrected chi connectivity index (χ1v) is 4.13. The van der Waals surface area contributed by atoms with Gasteiger partial charge < -0.3 is 9.84 Å². The quantitative estimate of drug-likeness (QED) is 0.619. The van der Waals surface area contributed by atoms with Gasteiger partial charge in [-0.1, -0.05) is 0 Å². The molecule has 0 rings (SSSR count). The monoisotopic (exact) mass is 197 g/mol. The summed E-state index contributed by atoms with van der Waals surface area (Å²) < 4.78 is 20.6. The number of rotatable bonds is 5. The van der Waals surface area contributed by atoms with Crippen molar-refractivity contribution in [3.05, 3.63) is 0 Å². The van der Waals surface area contributed by atoms with E-state index in [2.05, 4.69) is 8.92 Å². The zero-order chi connectivity index (χ0) is 9.56. The van der Waals surface area contributed by atoms with E-state index < -0.39 is 17.4 Å². The molecule has 1 N–H and O–H groups in total. The second kappa shape index (κ2) is 5.92. The second-order valence-electron chi connectivity index (χ2n) is 1.81. The van der Waals surface area contributed by atoms with Gasteiger partial charge in [-0.2, -0.15) is 0 Å². The molecule has 0 saturated carbocycles. The summed E-state index contributed by atoms with van der Waals surface area (Å²) in [5, 5.41) is 8.33. The Labute approximate surface area is 72.9 Å². The van der Waals surface area contributed by atoms with Crippen molar-refractivity contribution in [1.82, 2.24) is 4.31 Å². The summed E-state index contributed by atoms with van der Waals surface area (Å²) in [7, 11) is 2.62. The van der Waals surface area contributed by atoms with E-state index in [-0.39, 0.29) is 13.2 Å². The van der Waals surface area contributed by atoms with Gasteiger partial charge in [0.2, 0.25) is 0 Å². The highest BCUT2D eigenvalue weighted by Crippen LogP contribution is 1.93. The standard InChI is InChI=1S/C5H11NO5S/c1-6(5(7)8)12(9)11-4-3-10-2/h3-4H2,1-2H3,(H,7,8). The number of hydrogen-bond donors (Lipinski definition) is 1. The highest BCUT2D eigenvalue weighted by Gasteiger charge is 2.13. The predicted molar refractivity (Wildman–Crippen MR) is 41.8 cm³/mol. The van der Waals surface area contributed by atoms with Crippen LogP contribution in [-0.4, -0.2) is 47.1 Å². The highest BCUT2D eigenvalue weighted by atomic mass is 32.2. The molecule has 0 aliphatic heterocycles. The first-order valence-electron chi connectivity index (χ1n) is 3.10. The molecule has 12 heavy (non-hydrogen) atoms. The summed E-state index contributed by atoms with van der Waals surface area (Å²) >= 11 is -1.94. The van der Waals surface area contributed by atoms with Gasteiger partial charge in [-0.15, -0.1) is 0 Å². The smallest absolute Gasteiger partial charge is 0.420 e. The van der Waals surface area contributed by atoms with Crippen molar-refractivity contribution in [2.45, 2.75) is 0 Å². The van der Waals surface area contributed by atoms with E-state index >= 15 is 0 Å². The van der Waals surface area contributed by atoms with Gasteiger partial charge in [0, 0.05) is 14.2 Å². The fourth-order valence-corrected chi connectivity index (χ4v) is 0.828. The van der Waals surface area contributed by atoms with Gasteiger partial charge in [0.1, 0.15) is 0 Å². The number of ether oxygens (including phenoxy) is 1. The van der Waals surface area contributed by atoms with Crippen LogP contribution >= 0.6 is 0 Å². The highest BCUT2D eigenvalue weighted by molar-refractivity contribution is 7.78. The minimum Gasteiger partial charge on any atom is -0.464 e. The molecule has 72 valence electrons. The fourth-order valence-electron chi connectivity index (χ4n) is 0.331. The molecule has 0 aliphatic carbocycles. The molecule has 0 heterocycles. The number of carbonyl (C=O) groups is 1. The number of methoxy groups -OCH3 is 1. The Hall–Kier alpha value is -0.660. The Morgan fingerprint density at radius 2 is 2.17 bits per heavy atom. The van der Waals surface area contributed by atoms with E-state index in [1.807, 2.05) is 0 Å². The SMILES string of the molecule is COCCOS(=O)N(C)C(=O)O. The van der Waals surface area contributed by atoms with Crippen molar-refractivity contribution in [1.29, 1.82) is 0 Å². The van der Waals surface area contributed by atoms with E-state index in [9.17, 15) is 9.00 Å². The summed E-state index contributed by atoms with van der Waals surface area (Å²) in [4.78, 5) is 10.2. The van der Waals surface area contributed by atoms with Gasteiger partial charge in [0.05, 0.1) is 13.2 Å². The molecular formula is C5H11NO5S. The van der Waals surface area contributed by atoms with Crippen LogP contribution in [-0.2, 0) is 20.2 Å². The van der Waals surface area contributed by atoms with Crippen molar-refractivity contribution >= 4 is 17.4 Å². The van der Waals surface area contributed by atoms with Crippen LogP contribution in [0.15, 0.2) is 0 Å². The van der Waals surface area contributed by atoms with E-state index in [1.54, 1.807) is 0 Å². The van der Waals surface area contributed by atoms with E-state index in [4.69, 9.17) is 5.11 Å². The van der Waals surface area contributed by atoms with Crippen LogP contribution in [0.1, 0.15) is 0 Å². The third-order valence-corrected chi connectivity index (χ3v) is 1.94. The van der Waals surface area contributed by atoms with Crippen LogP contribution in [0.3, 0.4) is 0 Å². The number of carboxylic acid groups (broad SMARTS) is 1. The van der Waals surface area contributed by atoms with Crippen molar-refractivity contribution < 1.29 is 23.0 Å². The van der Waals surface area contributed by atoms with Crippen molar-refractivity contribution in [3.63, 3.8) is 0 Å². The van der Waals surface area contributed by atoms with Crippen LogP contribution in [0, 0.1) is 0 Å². The summed E-state index contributed by atoms with van der Waals surface area (Å²) in [6.45, 7) is 0.375. The normalized spacial score (nSPS) is 12.5. The Kier molecular flexibility index (Phi) is 5.60. The Morgan fingerprint density at radius 1 is 1.58 bits per heavy atom. The lowest BCUT2D eigenvalue weighted by atomic mass is 10.8. The molecule has 0 aromatic rings. The summed E-state index contributed by atoms with van der Waals surface area (Å²) in [5.41, 5.74) is 0. The molecule has 1 atom stereocenters. The minimum atomic E-state index is -1.94. The topological polar surface area (TPSA) is 76.1 Å². The molecule has 7 heteroatoms. The van der Waals surface area contributed by atoms with Crippen LogP contribution in [0.25, 0.3) is 0 Å². The molecule has 0 bridgehead atoms. The molecule has 0 fully saturated rings. The molecule has 0 aliphatic rings. The van der Waals surface area contributed by atoms with E-state index in [0.29, 0.717) is 4.31 Å². The van der Waals surface area contributed by atoms with Crippen LogP contribution in [0.5, 0.6) is 0 Å². The van der Waals surface area contributed by atoms with E-state index in [0.717, 1.165) is 7.05 Å². The molecule has 0 spiro atoms. The maximum atomic E-state index is 10.8. The third kappa shape index (κ3) is 4.27. The molecule has 1 unspecified atom stereocenters. The first-order chi connectivity index (χ1) is 5.59. The zero-order valence-electron chi connectivity index (χ0n) is 6.85. The molecule has 0 aromatic heterocycles. The average molecular weight is 197 g/mol. The molecule has 6 nitrogen and oxygen atoms in total. The molecule has 0 radical (unpaired) electrons. The van der Waals surface area contributed by atoms with Gasteiger partial charge in [-0.3, -0.25) is 4.18 Å². The molecule has 0 aromatic carbocycles. The maximum absolute atomic E-state index is 10.8. The van der Waals surface area contributed by atoms with E-state index in [1.165, 1.54) is 7.11 Å². The second-order valence-corrected chi connectivity index (χ2v) is 3.03. The van der Waals surface area contributed by atoms with Gasteiger partial charge >= 0.3 is 6.09 Å². The lowest BCUT2D eigenvalue weighted by Gasteiger charge is -2.10. The first kappa shape index (κ1) is 11.3. The van der Waals surface area contributed by atoms with Crippen LogP contribution in [0.2, 0.25) is 0 Å². The third-order valence-electron chi connectivity index (χ3n) is 0.965. The summed E-state index contributed by atoms with van der Waals surface area (Å²) in [6.07, 6.45) is -1.30. The largest absolute Gasteiger partial charge is 0.464 e. The van der Waals surface area contributed by atoms with Crippen LogP contribution < -0.4 is 0 Å².